The first-order valence-electron chi connectivity index (χ1n) is 10.1. The van der Waals surface area contributed by atoms with Crippen LogP contribution in [-0.4, -0.2) is 29.7 Å². The summed E-state index contributed by atoms with van der Waals surface area (Å²) in [4.78, 5) is 32.9. The van der Waals surface area contributed by atoms with Crippen molar-refractivity contribution in [3.63, 3.8) is 0 Å². The summed E-state index contributed by atoms with van der Waals surface area (Å²) >= 11 is 6.03. The number of amides is 2. The summed E-state index contributed by atoms with van der Waals surface area (Å²) in [5, 5.41) is 3.24. The number of carbonyl (C=O) groups is 2. The van der Waals surface area contributed by atoms with Gasteiger partial charge in [0.05, 0.1) is 11.4 Å². The van der Waals surface area contributed by atoms with Gasteiger partial charge in [0, 0.05) is 27.8 Å². The van der Waals surface area contributed by atoms with Crippen LogP contribution >= 0.6 is 11.6 Å². The van der Waals surface area contributed by atoms with E-state index in [0.717, 1.165) is 16.8 Å². The number of aliphatic imine (C=N–C) groups is 1. The Balaban J connectivity index is 1.82. The number of anilines is 1. The van der Waals surface area contributed by atoms with Crippen molar-refractivity contribution in [2.75, 3.05) is 4.90 Å². The fourth-order valence-corrected chi connectivity index (χ4v) is 3.87. The number of halogens is 1. The van der Waals surface area contributed by atoms with Crippen LogP contribution in [0.4, 0.5) is 5.69 Å². The van der Waals surface area contributed by atoms with Crippen molar-refractivity contribution in [2.45, 2.75) is 26.1 Å². The van der Waals surface area contributed by atoms with Crippen LogP contribution < -0.4 is 10.2 Å². The minimum atomic E-state index is -1.07. The topological polar surface area (TPSA) is 61.8 Å². The van der Waals surface area contributed by atoms with E-state index in [1.807, 2.05) is 68.4 Å². The molecule has 156 valence electrons. The monoisotopic (exact) mass is 431 g/mol. The average Bonchev–Trinajstić information content (AvgIpc) is 2.89. The molecule has 1 aliphatic rings. The van der Waals surface area contributed by atoms with Gasteiger partial charge < -0.3 is 10.2 Å². The molecule has 0 fully saturated rings. The van der Waals surface area contributed by atoms with Crippen molar-refractivity contribution >= 4 is 34.8 Å². The number of rotatable bonds is 4. The molecule has 4 rings (SSSR count). The molecule has 5 nitrogen and oxygen atoms in total. The van der Waals surface area contributed by atoms with Gasteiger partial charge in [-0.3, -0.25) is 9.59 Å². The molecule has 0 saturated heterocycles. The molecule has 0 spiro atoms. The van der Waals surface area contributed by atoms with Crippen molar-refractivity contribution < 1.29 is 9.59 Å². The quantitative estimate of drug-likeness (QED) is 0.651. The van der Waals surface area contributed by atoms with Crippen LogP contribution in [0.5, 0.6) is 0 Å². The Morgan fingerprint density at radius 2 is 1.71 bits per heavy atom. The molecule has 1 atom stereocenters. The standard InChI is InChI=1S/C25H22ClN3O2/c1-16(2)29-21-14-7-6-13-20(21)22(17-9-4-3-5-10-17)27-23(25(29)31)28-24(30)18-11-8-12-19(26)15-18/h3-16,23H,1-2H3,(H,28,30). The highest BCUT2D eigenvalue weighted by Crippen LogP contribution is 2.29. The molecule has 0 bridgehead atoms. The summed E-state index contributed by atoms with van der Waals surface area (Å²) in [6.07, 6.45) is -1.07. The fraction of sp³-hybridized carbons (Fsp3) is 0.160. The largest absolute Gasteiger partial charge is 0.322 e. The fourth-order valence-electron chi connectivity index (χ4n) is 3.68. The van der Waals surface area contributed by atoms with E-state index in [0.29, 0.717) is 16.3 Å². The molecule has 2 amide bonds. The Morgan fingerprint density at radius 1 is 1.00 bits per heavy atom. The molecular weight excluding hydrogens is 410 g/mol. The third-order valence-electron chi connectivity index (χ3n) is 5.07. The Morgan fingerprint density at radius 3 is 2.42 bits per heavy atom. The van der Waals surface area contributed by atoms with Crippen molar-refractivity contribution in [1.82, 2.24) is 5.32 Å². The second-order valence-electron chi connectivity index (χ2n) is 7.55. The number of para-hydroxylation sites is 1. The first-order chi connectivity index (χ1) is 15.0. The molecule has 31 heavy (non-hydrogen) atoms. The van der Waals surface area contributed by atoms with Crippen LogP contribution in [0.25, 0.3) is 0 Å². The number of benzene rings is 3. The second-order valence-corrected chi connectivity index (χ2v) is 7.99. The molecule has 0 radical (unpaired) electrons. The zero-order valence-electron chi connectivity index (χ0n) is 17.2. The Hall–Kier alpha value is -3.44. The summed E-state index contributed by atoms with van der Waals surface area (Å²) in [7, 11) is 0. The van der Waals surface area contributed by atoms with Gasteiger partial charge in [-0.2, -0.15) is 0 Å². The maximum Gasteiger partial charge on any atom is 0.272 e. The van der Waals surface area contributed by atoms with Gasteiger partial charge in [-0.15, -0.1) is 0 Å². The summed E-state index contributed by atoms with van der Waals surface area (Å²) in [5.41, 5.74) is 3.51. The van der Waals surface area contributed by atoms with E-state index < -0.39 is 12.1 Å². The summed E-state index contributed by atoms with van der Waals surface area (Å²) in [6.45, 7) is 3.89. The lowest BCUT2D eigenvalue weighted by atomic mass is 10.00. The lowest BCUT2D eigenvalue weighted by molar-refractivity contribution is -0.120. The second kappa shape index (κ2) is 8.74. The van der Waals surface area contributed by atoms with Gasteiger partial charge in [0.2, 0.25) is 6.17 Å². The third-order valence-corrected chi connectivity index (χ3v) is 5.30. The van der Waals surface area contributed by atoms with Crippen LogP contribution in [0.1, 0.15) is 35.3 Å². The number of nitrogens with zero attached hydrogens (tertiary/aromatic N) is 2. The summed E-state index contributed by atoms with van der Waals surface area (Å²) < 4.78 is 0. The van der Waals surface area contributed by atoms with Crippen molar-refractivity contribution in [2.24, 2.45) is 4.99 Å². The van der Waals surface area contributed by atoms with Gasteiger partial charge in [0.1, 0.15) is 0 Å². The Labute approximate surface area is 186 Å². The summed E-state index contributed by atoms with van der Waals surface area (Å²) in [6, 6.07) is 23.8. The normalized spacial score (nSPS) is 15.9. The highest BCUT2D eigenvalue weighted by atomic mass is 35.5. The Bertz CT molecular complexity index is 1160. The lowest BCUT2D eigenvalue weighted by Crippen LogP contribution is -2.49. The van der Waals surface area contributed by atoms with Gasteiger partial charge in [-0.05, 0) is 38.1 Å². The maximum atomic E-state index is 13.5. The molecule has 3 aromatic rings. The van der Waals surface area contributed by atoms with E-state index in [1.165, 1.54) is 0 Å². The molecule has 0 aromatic heterocycles. The predicted molar refractivity (Wildman–Crippen MR) is 124 cm³/mol. The highest BCUT2D eigenvalue weighted by Gasteiger charge is 2.34. The van der Waals surface area contributed by atoms with Gasteiger partial charge >= 0.3 is 0 Å². The van der Waals surface area contributed by atoms with Gasteiger partial charge in [0.15, 0.2) is 0 Å². The first kappa shape index (κ1) is 20.8. The molecule has 0 saturated carbocycles. The first-order valence-corrected chi connectivity index (χ1v) is 10.5. The number of carbonyl (C=O) groups excluding carboxylic acids is 2. The smallest absolute Gasteiger partial charge is 0.272 e. The van der Waals surface area contributed by atoms with Crippen molar-refractivity contribution in [1.29, 1.82) is 0 Å². The van der Waals surface area contributed by atoms with Gasteiger partial charge in [0.25, 0.3) is 11.8 Å². The minimum Gasteiger partial charge on any atom is -0.322 e. The maximum absolute atomic E-state index is 13.5. The molecule has 1 unspecified atom stereocenters. The number of benzodiazepines with no additional fused rings is 1. The van der Waals surface area contributed by atoms with Gasteiger partial charge in [-0.1, -0.05) is 66.2 Å². The predicted octanol–water partition coefficient (Wildman–Crippen LogP) is 4.69. The van der Waals surface area contributed by atoms with Crippen LogP contribution in [-0.2, 0) is 4.79 Å². The molecule has 6 heteroatoms. The zero-order chi connectivity index (χ0) is 22.0. The molecule has 1 heterocycles. The van der Waals surface area contributed by atoms with Crippen molar-refractivity contribution in [3.05, 3.63) is 101 Å². The zero-order valence-corrected chi connectivity index (χ0v) is 18.0. The number of fused-ring (bicyclic) bond motifs is 1. The van der Waals surface area contributed by atoms with Crippen LogP contribution in [0.3, 0.4) is 0 Å². The van der Waals surface area contributed by atoms with E-state index in [2.05, 4.69) is 5.32 Å². The van der Waals surface area contributed by atoms with E-state index in [-0.39, 0.29) is 11.9 Å². The third kappa shape index (κ3) is 4.23. The van der Waals surface area contributed by atoms with E-state index in [9.17, 15) is 9.59 Å². The average molecular weight is 432 g/mol. The lowest BCUT2D eigenvalue weighted by Gasteiger charge is -2.29. The van der Waals surface area contributed by atoms with Crippen LogP contribution in [0.2, 0.25) is 5.02 Å². The minimum absolute atomic E-state index is 0.121. The molecule has 3 aromatic carbocycles. The SMILES string of the molecule is CC(C)N1C(=O)C(NC(=O)c2cccc(Cl)c2)N=C(c2ccccc2)c2ccccc21. The van der Waals surface area contributed by atoms with Crippen molar-refractivity contribution in [3.8, 4) is 0 Å². The molecule has 0 aliphatic carbocycles. The van der Waals surface area contributed by atoms with Gasteiger partial charge in [-0.25, -0.2) is 4.99 Å². The molecule has 1 aliphatic heterocycles. The number of nitrogens with one attached hydrogen (secondary N) is 1. The number of hydrogen-bond donors (Lipinski definition) is 1. The number of hydrogen-bond acceptors (Lipinski definition) is 3. The highest BCUT2D eigenvalue weighted by molar-refractivity contribution is 6.31. The van der Waals surface area contributed by atoms with E-state index in [1.54, 1.807) is 29.2 Å². The van der Waals surface area contributed by atoms with E-state index >= 15 is 0 Å². The Kier molecular flexibility index (Phi) is 5.87. The van der Waals surface area contributed by atoms with Crippen LogP contribution in [0.15, 0.2) is 83.9 Å². The van der Waals surface area contributed by atoms with Crippen LogP contribution in [0, 0.1) is 0 Å². The molecule has 1 N–H and O–H groups in total. The van der Waals surface area contributed by atoms with E-state index in [4.69, 9.17) is 16.6 Å². The summed E-state index contributed by atoms with van der Waals surface area (Å²) in [5.74, 6) is -0.699. The molecular formula is C25H22ClN3O2.